The molecule has 0 aliphatic heterocycles. The summed E-state index contributed by atoms with van der Waals surface area (Å²) in [6.45, 7) is 1.35. The Labute approximate surface area is 85.2 Å². The predicted octanol–water partition coefficient (Wildman–Crippen LogP) is 1.44. The lowest BCUT2D eigenvalue weighted by Gasteiger charge is -2.04. The van der Waals surface area contributed by atoms with E-state index in [0.29, 0.717) is 10.8 Å². The highest BCUT2D eigenvalue weighted by Gasteiger charge is 2.13. The molecule has 0 saturated heterocycles. The Balaban J connectivity index is 3.03. The first-order valence-corrected chi connectivity index (χ1v) is 4.46. The molecule has 2 aromatic rings. The van der Waals surface area contributed by atoms with Crippen LogP contribution in [0.4, 0.5) is 0 Å². The Morgan fingerprint density at radius 2 is 1.87 bits per heavy atom. The normalized spacial score (nSPS) is 10.5. The van der Waals surface area contributed by atoms with E-state index in [1.54, 1.807) is 24.3 Å². The topological polar surface area (TPSA) is 70.2 Å². The zero-order chi connectivity index (χ0) is 11.0. The summed E-state index contributed by atoms with van der Waals surface area (Å²) >= 11 is 0. The first-order chi connectivity index (χ1) is 7.11. The van der Waals surface area contributed by atoms with Gasteiger partial charge in [0.05, 0.1) is 5.56 Å². The fourth-order valence-corrected chi connectivity index (χ4v) is 1.62. The molecule has 0 aliphatic rings. The summed E-state index contributed by atoms with van der Waals surface area (Å²) < 4.78 is 0. The summed E-state index contributed by atoms with van der Waals surface area (Å²) in [5.41, 5.74) is -0.238. The Hall–Kier alpha value is -2.10. The molecule has 1 heterocycles. The molecule has 0 amide bonds. The van der Waals surface area contributed by atoms with Crippen molar-refractivity contribution >= 4 is 16.6 Å². The van der Waals surface area contributed by atoms with E-state index in [4.69, 9.17) is 0 Å². The average Bonchev–Trinajstić information content (AvgIpc) is 2.17. The zero-order valence-corrected chi connectivity index (χ0v) is 8.07. The van der Waals surface area contributed by atoms with E-state index >= 15 is 0 Å². The van der Waals surface area contributed by atoms with Crippen LogP contribution in [0, 0.1) is 0 Å². The number of hydrogen-bond acceptors (Lipinski definition) is 3. The van der Waals surface area contributed by atoms with Gasteiger partial charge in [-0.3, -0.25) is 14.6 Å². The SMILES string of the molecule is CC(=O)c1c(O)[nH]c(=O)c2ccccc12. The van der Waals surface area contributed by atoms with Crippen molar-refractivity contribution in [1.29, 1.82) is 0 Å². The number of carbonyl (C=O) groups is 1. The molecule has 0 saturated carbocycles. The minimum Gasteiger partial charge on any atom is -0.494 e. The molecule has 2 N–H and O–H groups in total. The minimum atomic E-state index is -0.395. The van der Waals surface area contributed by atoms with Crippen LogP contribution >= 0.6 is 0 Å². The standard InChI is InChI=1S/C11H9NO3/c1-6(13)9-7-4-2-3-5-8(7)10(14)12-11(9)15/h2-5H,1H3,(H2,12,14,15). The highest BCUT2D eigenvalue weighted by Crippen LogP contribution is 2.22. The summed E-state index contributed by atoms with van der Waals surface area (Å²) in [6, 6.07) is 6.67. The fraction of sp³-hybridized carbons (Fsp3) is 0.0909. The largest absolute Gasteiger partial charge is 0.494 e. The Morgan fingerprint density at radius 1 is 1.27 bits per heavy atom. The fourth-order valence-electron chi connectivity index (χ4n) is 1.62. The average molecular weight is 203 g/mol. The van der Waals surface area contributed by atoms with Crippen LogP contribution in [0.2, 0.25) is 0 Å². The number of carbonyl (C=O) groups excluding carboxylic acids is 1. The third-order valence-electron chi connectivity index (χ3n) is 2.26. The lowest BCUT2D eigenvalue weighted by atomic mass is 10.0. The van der Waals surface area contributed by atoms with Crippen LogP contribution in [0.5, 0.6) is 5.88 Å². The third kappa shape index (κ3) is 1.40. The van der Waals surface area contributed by atoms with Crippen molar-refractivity contribution in [2.45, 2.75) is 6.92 Å². The van der Waals surface area contributed by atoms with Crippen molar-refractivity contribution in [3.63, 3.8) is 0 Å². The van der Waals surface area contributed by atoms with Crippen molar-refractivity contribution in [3.8, 4) is 5.88 Å². The molecule has 15 heavy (non-hydrogen) atoms. The summed E-state index contributed by atoms with van der Waals surface area (Å²) in [7, 11) is 0. The lowest BCUT2D eigenvalue weighted by Crippen LogP contribution is -2.09. The van der Waals surface area contributed by atoms with Gasteiger partial charge in [0.2, 0.25) is 5.88 Å². The molecule has 0 radical (unpaired) electrons. The molecule has 4 nitrogen and oxygen atoms in total. The van der Waals surface area contributed by atoms with Crippen LogP contribution in [-0.4, -0.2) is 15.9 Å². The second-order valence-corrected chi connectivity index (χ2v) is 3.28. The van der Waals surface area contributed by atoms with Gasteiger partial charge in [0.15, 0.2) is 5.78 Å². The Kier molecular flexibility index (Phi) is 2.04. The van der Waals surface area contributed by atoms with Gasteiger partial charge in [-0.2, -0.15) is 0 Å². The quantitative estimate of drug-likeness (QED) is 0.689. The Bertz CT molecular complexity index is 598. The van der Waals surface area contributed by atoms with Crippen LogP contribution in [0.25, 0.3) is 10.8 Å². The molecular weight excluding hydrogens is 194 g/mol. The first kappa shape index (κ1) is 9.45. The number of nitrogens with one attached hydrogen (secondary N) is 1. The van der Waals surface area contributed by atoms with Crippen molar-refractivity contribution in [2.75, 3.05) is 0 Å². The molecule has 0 atom stereocenters. The minimum absolute atomic E-state index is 0.158. The number of ketones is 1. The molecule has 2 rings (SSSR count). The van der Waals surface area contributed by atoms with Gasteiger partial charge in [-0.25, -0.2) is 0 Å². The summed E-state index contributed by atoms with van der Waals surface area (Å²) in [5.74, 6) is -0.647. The van der Waals surface area contributed by atoms with E-state index in [1.807, 2.05) is 0 Å². The van der Waals surface area contributed by atoms with E-state index in [0.717, 1.165) is 0 Å². The number of aromatic nitrogens is 1. The molecule has 1 aromatic carbocycles. The molecule has 4 heteroatoms. The molecule has 76 valence electrons. The lowest BCUT2D eigenvalue weighted by molar-refractivity contribution is 0.101. The van der Waals surface area contributed by atoms with Crippen molar-refractivity contribution < 1.29 is 9.90 Å². The van der Waals surface area contributed by atoms with Gasteiger partial charge >= 0.3 is 0 Å². The number of aromatic hydroxyl groups is 1. The maximum absolute atomic E-state index is 11.4. The van der Waals surface area contributed by atoms with Crippen LogP contribution in [0.3, 0.4) is 0 Å². The smallest absolute Gasteiger partial charge is 0.258 e. The summed E-state index contributed by atoms with van der Waals surface area (Å²) in [5, 5.41) is 10.4. The van der Waals surface area contributed by atoms with Crippen LogP contribution in [0.15, 0.2) is 29.1 Å². The monoisotopic (exact) mass is 203 g/mol. The van der Waals surface area contributed by atoms with Gasteiger partial charge in [0.1, 0.15) is 0 Å². The highest BCUT2D eigenvalue weighted by molar-refractivity contribution is 6.08. The maximum Gasteiger partial charge on any atom is 0.258 e. The second kappa shape index (κ2) is 3.24. The number of aromatic amines is 1. The van der Waals surface area contributed by atoms with Crippen LogP contribution in [-0.2, 0) is 0 Å². The first-order valence-electron chi connectivity index (χ1n) is 4.46. The van der Waals surface area contributed by atoms with E-state index in [1.165, 1.54) is 6.92 Å². The zero-order valence-electron chi connectivity index (χ0n) is 8.07. The van der Waals surface area contributed by atoms with Gasteiger partial charge in [-0.1, -0.05) is 18.2 Å². The molecule has 1 aromatic heterocycles. The third-order valence-corrected chi connectivity index (χ3v) is 2.26. The number of Topliss-reactive ketones (excluding diaryl/α,β-unsaturated/α-hetero) is 1. The van der Waals surface area contributed by atoms with E-state index in [2.05, 4.69) is 4.98 Å². The molecule has 0 aliphatic carbocycles. The molecular formula is C11H9NO3. The van der Waals surface area contributed by atoms with Crippen molar-refractivity contribution in [2.24, 2.45) is 0 Å². The maximum atomic E-state index is 11.4. The van der Waals surface area contributed by atoms with Gasteiger partial charge in [0, 0.05) is 10.8 Å². The van der Waals surface area contributed by atoms with Crippen molar-refractivity contribution in [1.82, 2.24) is 4.98 Å². The molecule has 0 bridgehead atoms. The number of fused-ring (bicyclic) bond motifs is 1. The van der Waals surface area contributed by atoms with Gasteiger partial charge in [-0.05, 0) is 13.0 Å². The van der Waals surface area contributed by atoms with Crippen LogP contribution in [0.1, 0.15) is 17.3 Å². The Morgan fingerprint density at radius 3 is 2.47 bits per heavy atom. The number of hydrogen-bond donors (Lipinski definition) is 2. The number of benzene rings is 1. The van der Waals surface area contributed by atoms with E-state index in [-0.39, 0.29) is 17.2 Å². The molecule has 0 unspecified atom stereocenters. The predicted molar refractivity (Wildman–Crippen MR) is 56.2 cm³/mol. The summed E-state index contributed by atoms with van der Waals surface area (Å²) in [6.07, 6.45) is 0. The van der Waals surface area contributed by atoms with Gasteiger partial charge in [-0.15, -0.1) is 0 Å². The van der Waals surface area contributed by atoms with E-state index < -0.39 is 5.56 Å². The second-order valence-electron chi connectivity index (χ2n) is 3.28. The number of pyridine rings is 1. The number of rotatable bonds is 1. The van der Waals surface area contributed by atoms with Crippen molar-refractivity contribution in [3.05, 3.63) is 40.2 Å². The van der Waals surface area contributed by atoms with E-state index in [9.17, 15) is 14.7 Å². The number of H-pyrrole nitrogens is 1. The summed E-state index contributed by atoms with van der Waals surface area (Å²) in [4.78, 5) is 25.0. The molecule has 0 spiro atoms. The van der Waals surface area contributed by atoms with Crippen LogP contribution < -0.4 is 5.56 Å². The van der Waals surface area contributed by atoms with Gasteiger partial charge < -0.3 is 5.11 Å². The highest BCUT2D eigenvalue weighted by atomic mass is 16.3. The van der Waals surface area contributed by atoms with Gasteiger partial charge in [0.25, 0.3) is 5.56 Å². The molecule has 0 fully saturated rings.